The van der Waals surface area contributed by atoms with Gasteiger partial charge >= 0.3 is 0 Å². The molecule has 2 rings (SSSR count). The number of nitrogens with zero attached hydrogens (tertiary/aromatic N) is 2. The topological polar surface area (TPSA) is 46.9 Å². The monoisotopic (exact) mass is 291 g/mol. The molecule has 1 N–H and O–H groups in total. The van der Waals surface area contributed by atoms with E-state index >= 15 is 0 Å². The van der Waals surface area contributed by atoms with Crippen molar-refractivity contribution in [3.8, 4) is 0 Å². The van der Waals surface area contributed by atoms with Crippen molar-refractivity contribution in [2.45, 2.75) is 33.6 Å². The molecule has 2 heterocycles. The lowest BCUT2D eigenvalue weighted by molar-refractivity contribution is 0.101. The summed E-state index contributed by atoms with van der Waals surface area (Å²) in [6.45, 7) is 5.94. The predicted molar refractivity (Wildman–Crippen MR) is 80.8 cm³/mol. The minimum atomic E-state index is -0.186. The van der Waals surface area contributed by atoms with Gasteiger partial charge in [-0.25, -0.2) is 4.98 Å². The summed E-state index contributed by atoms with van der Waals surface area (Å²) in [5.74, 6) is -0.186. The van der Waals surface area contributed by atoms with Crippen molar-refractivity contribution in [2.24, 2.45) is 0 Å². The van der Waals surface area contributed by atoms with Crippen molar-refractivity contribution in [1.82, 2.24) is 9.66 Å². The van der Waals surface area contributed by atoms with Gasteiger partial charge in [-0.05, 0) is 44.5 Å². The summed E-state index contributed by atoms with van der Waals surface area (Å²) in [7, 11) is 0. The Kier molecular flexibility index (Phi) is 4.45. The molecule has 0 atom stereocenters. The van der Waals surface area contributed by atoms with Gasteiger partial charge in [0.25, 0.3) is 5.91 Å². The van der Waals surface area contributed by atoms with Crippen LogP contribution in [0.2, 0.25) is 5.15 Å². The summed E-state index contributed by atoms with van der Waals surface area (Å²) >= 11 is 5.98. The Morgan fingerprint density at radius 2 is 1.95 bits per heavy atom. The number of halogens is 1. The third-order valence-electron chi connectivity index (χ3n) is 3.10. The van der Waals surface area contributed by atoms with Crippen molar-refractivity contribution in [1.29, 1.82) is 0 Å². The van der Waals surface area contributed by atoms with Gasteiger partial charge in [-0.2, -0.15) is 0 Å². The van der Waals surface area contributed by atoms with E-state index in [1.165, 1.54) is 0 Å². The highest BCUT2D eigenvalue weighted by Gasteiger charge is 2.11. The van der Waals surface area contributed by atoms with E-state index in [2.05, 4.69) is 17.3 Å². The number of rotatable bonds is 4. The zero-order chi connectivity index (χ0) is 14.7. The van der Waals surface area contributed by atoms with Crippen LogP contribution >= 0.6 is 11.6 Å². The summed E-state index contributed by atoms with van der Waals surface area (Å²) in [6, 6.07) is 7.29. The van der Waals surface area contributed by atoms with Gasteiger partial charge in [0.2, 0.25) is 0 Å². The van der Waals surface area contributed by atoms with Crippen LogP contribution in [0.5, 0.6) is 0 Å². The molecule has 0 saturated carbocycles. The molecule has 2 aromatic rings. The molecule has 0 unspecified atom stereocenters. The second-order valence-corrected chi connectivity index (χ2v) is 5.20. The third kappa shape index (κ3) is 3.20. The Morgan fingerprint density at radius 3 is 2.55 bits per heavy atom. The second-order valence-electron chi connectivity index (χ2n) is 4.81. The van der Waals surface area contributed by atoms with Crippen molar-refractivity contribution in [3.63, 3.8) is 0 Å². The van der Waals surface area contributed by atoms with Crippen LogP contribution in [-0.2, 0) is 6.42 Å². The first-order valence-corrected chi connectivity index (χ1v) is 7.02. The number of nitrogens with one attached hydrogen (secondary N) is 1. The maximum Gasteiger partial charge on any atom is 0.270 e. The third-order valence-corrected chi connectivity index (χ3v) is 3.29. The van der Waals surface area contributed by atoms with E-state index < -0.39 is 0 Å². The van der Waals surface area contributed by atoms with Gasteiger partial charge in [-0.15, -0.1) is 0 Å². The van der Waals surface area contributed by atoms with Crippen LogP contribution in [-0.4, -0.2) is 15.6 Å². The number of hydrogen-bond donors (Lipinski definition) is 1. The summed E-state index contributed by atoms with van der Waals surface area (Å²) < 4.78 is 1.76. The van der Waals surface area contributed by atoms with Gasteiger partial charge in [0.1, 0.15) is 5.15 Å². The lowest BCUT2D eigenvalue weighted by atomic mass is 10.1. The van der Waals surface area contributed by atoms with Crippen LogP contribution in [0.1, 0.15) is 40.8 Å². The molecule has 0 aliphatic rings. The van der Waals surface area contributed by atoms with E-state index in [9.17, 15) is 4.79 Å². The molecule has 4 nitrogen and oxygen atoms in total. The average molecular weight is 292 g/mol. The van der Waals surface area contributed by atoms with Crippen LogP contribution < -0.4 is 5.43 Å². The minimum absolute atomic E-state index is 0.186. The molecule has 0 spiro atoms. The lowest BCUT2D eigenvalue weighted by Crippen LogP contribution is -2.24. The smallest absolute Gasteiger partial charge is 0.267 e. The molecule has 1 amide bonds. The highest BCUT2D eigenvalue weighted by atomic mass is 35.5. The van der Waals surface area contributed by atoms with Gasteiger partial charge in [0.05, 0.1) is 0 Å². The molecule has 0 aliphatic heterocycles. The van der Waals surface area contributed by atoms with Crippen molar-refractivity contribution < 1.29 is 4.79 Å². The van der Waals surface area contributed by atoms with Crippen LogP contribution in [0, 0.1) is 13.8 Å². The predicted octanol–water partition coefficient (Wildman–Crippen LogP) is 3.49. The average Bonchev–Trinajstić information content (AvgIpc) is 2.70. The Morgan fingerprint density at radius 1 is 1.30 bits per heavy atom. The quantitative estimate of drug-likeness (QED) is 0.877. The van der Waals surface area contributed by atoms with Gasteiger partial charge in [0.15, 0.2) is 0 Å². The van der Waals surface area contributed by atoms with Crippen LogP contribution in [0.4, 0.5) is 0 Å². The Hall–Kier alpha value is -1.81. The van der Waals surface area contributed by atoms with E-state index in [1.807, 2.05) is 26.0 Å². The highest BCUT2D eigenvalue weighted by Crippen LogP contribution is 2.13. The molecular formula is C15H18ClN3O. The van der Waals surface area contributed by atoms with Gasteiger partial charge < -0.3 is 0 Å². The molecule has 0 fully saturated rings. The van der Waals surface area contributed by atoms with E-state index in [-0.39, 0.29) is 5.91 Å². The fourth-order valence-electron chi connectivity index (χ4n) is 2.08. The first kappa shape index (κ1) is 14.6. The summed E-state index contributed by atoms with van der Waals surface area (Å²) in [5.41, 5.74) is 6.18. The molecule has 0 aromatic carbocycles. The van der Waals surface area contributed by atoms with Crippen LogP contribution in [0.15, 0.2) is 24.3 Å². The van der Waals surface area contributed by atoms with E-state index in [1.54, 1.807) is 16.8 Å². The maximum absolute atomic E-state index is 12.3. The summed E-state index contributed by atoms with van der Waals surface area (Å²) in [6.07, 6.45) is 1.77. The van der Waals surface area contributed by atoms with Crippen LogP contribution in [0.3, 0.4) is 0 Å². The zero-order valence-electron chi connectivity index (χ0n) is 11.9. The SMILES string of the molecule is CCCc1cc(C(=O)Nn2c(C)ccc2C)cc(Cl)n1. The van der Waals surface area contributed by atoms with E-state index in [0.29, 0.717) is 10.7 Å². The fourth-order valence-corrected chi connectivity index (χ4v) is 2.30. The number of hydrogen-bond acceptors (Lipinski definition) is 2. The maximum atomic E-state index is 12.3. The minimum Gasteiger partial charge on any atom is -0.267 e. The molecule has 20 heavy (non-hydrogen) atoms. The van der Waals surface area contributed by atoms with Crippen molar-refractivity contribution >= 4 is 17.5 Å². The molecule has 5 heteroatoms. The van der Waals surface area contributed by atoms with Gasteiger partial charge in [-0.1, -0.05) is 24.9 Å². The Balaban J connectivity index is 2.25. The van der Waals surface area contributed by atoms with Gasteiger partial charge in [0, 0.05) is 22.6 Å². The summed E-state index contributed by atoms with van der Waals surface area (Å²) in [4.78, 5) is 16.5. The molecule has 2 aromatic heterocycles. The second kappa shape index (κ2) is 6.09. The Labute approximate surface area is 123 Å². The van der Waals surface area contributed by atoms with E-state index in [0.717, 1.165) is 29.9 Å². The molecule has 0 aliphatic carbocycles. The highest BCUT2D eigenvalue weighted by molar-refractivity contribution is 6.29. The fraction of sp³-hybridized carbons (Fsp3) is 0.333. The number of carbonyl (C=O) groups is 1. The number of pyridine rings is 1. The van der Waals surface area contributed by atoms with E-state index in [4.69, 9.17) is 11.6 Å². The zero-order valence-corrected chi connectivity index (χ0v) is 12.7. The first-order valence-electron chi connectivity index (χ1n) is 6.64. The van der Waals surface area contributed by atoms with Gasteiger partial charge in [-0.3, -0.25) is 14.9 Å². The van der Waals surface area contributed by atoms with Crippen molar-refractivity contribution in [3.05, 3.63) is 52.1 Å². The number of carbonyl (C=O) groups excluding carboxylic acids is 1. The molecule has 0 bridgehead atoms. The lowest BCUT2D eigenvalue weighted by Gasteiger charge is -2.12. The molecule has 106 valence electrons. The number of amides is 1. The Bertz CT molecular complexity index is 615. The normalized spacial score (nSPS) is 10.6. The molecule has 0 radical (unpaired) electrons. The largest absolute Gasteiger partial charge is 0.270 e. The van der Waals surface area contributed by atoms with Crippen molar-refractivity contribution in [2.75, 3.05) is 5.43 Å². The first-order chi connectivity index (χ1) is 9.51. The van der Waals surface area contributed by atoms with Crippen LogP contribution in [0.25, 0.3) is 0 Å². The molecule has 0 saturated heterocycles. The number of aryl methyl sites for hydroxylation is 3. The standard InChI is InChI=1S/C15H18ClN3O/c1-4-5-13-8-12(9-14(16)17-13)15(20)18-19-10(2)6-7-11(19)3/h6-9H,4-5H2,1-3H3,(H,18,20). The summed E-state index contributed by atoms with van der Waals surface area (Å²) in [5, 5.41) is 0.349. The molecular weight excluding hydrogens is 274 g/mol. The number of aromatic nitrogens is 2.